The van der Waals surface area contributed by atoms with Gasteiger partial charge in [-0.05, 0) is 42.9 Å². The van der Waals surface area contributed by atoms with Gasteiger partial charge in [0.1, 0.15) is 19.3 Å². The van der Waals surface area contributed by atoms with Crippen molar-refractivity contribution in [1.29, 1.82) is 0 Å². The lowest BCUT2D eigenvalue weighted by atomic mass is 9.95. The van der Waals surface area contributed by atoms with Gasteiger partial charge in [0.05, 0.1) is 12.7 Å². The van der Waals surface area contributed by atoms with Gasteiger partial charge < -0.3 is 19.5 Å². The van der Waals surface area contributed by atoms with Gasteiger partial charge in [-0.15, -0.1) is 5.10 Å². The Morgan fingerprint density at radius 3 is 2.78 bits per heavy atom. The molecule has 0 bridgehead atoms. The molecular weight excluding hydrogens is 476 g/mol. The van der Waals surface area contributed by atoms with E-state index in [1.807, 2.05) is 57.2 Å². The molecule has 0 fully saturated rings. The molecule has 4 rings (SSSR count). The zero-order chi connectivity index (χ0) is 25.7. The summed E-state index contributed by atoms with van der Waals surface area (Å²) >= 11 is 1.53. The molecule has 0 radical (unpaired) electrons. The largest absolute Gasteiger partial charge is 0.493 e. The number of carbonyl (C=O) groups is 1. The molecule has 1 N–H and O–H groups in total. The maximum atomic E-state index is 13.1. The summed E-state index contributed by atoms with van der Waals surface area (Å²) in [7, 11) is 1.60. The van der Waals surface area contributed by atoms with E-state index in [0.717, 1.165) is 16.9 Å². The first-order chi connectivity index (χ1) is 17.4. The second kappa shape index (κ2) is 11.3. The number of carbonyl (C=O) groups excluding carboxylic acids is 1. The molecule has 0 saturated heterocycles. The van der Waals surface area contributed by atoms with Crippen LogP contribution in [-0.4, -0.2) is 40.2 Å². The Bertz CT molecular complexity index is 1300. The molecule has 2 heterocycles. The third-order valence-electron chi connectivity index (χ3n) is 5.64. The number of allylic oxidation sites excluding steroid dienone is 1. The van der Waals surface area contributed by atoms with Crippen molar-refractivity contribution < 1.29 is 19.0 Å². The first-order valence-electron chi connectivity index (χ1n) is 11.7. The van der Waals surface area contributed by atoms with Gasteiger partial charge in [-0.25, -0.2) is 9.48 Å². The Morgan fingerprint density at radius 2 is 2.06 bits per heavy atom. The minimum atomic E-state index is -0.558. The van der Waals surface area contributed by atoms with Gasteiger partial charge in [0.15, 0.2) is 11.5 Å². The molecule has 3 aromatic rings. The van der Waals surface area contributed by atoms with E-state index < -0.39 is 12.0 Å². The average molecular weight is 507 g/mol. The van der Waals surface area contributed by atoms with Crippen LogP contribution < -0.4 is 14.8 Å². The van der Waals surface area contributed by atoms with Crippen LogP contribution in [-0.2, 0) is 16.1 Å². The van der Waals surface area contributed by atoms with Crippen LogP contribution in [0.25, 0.3) is 0 Å². The first-order valence-corrected chi connectivity index (χ1v) is 12.6. The van der Waals surface area contributed by atoms with E-state index in [-0.39, 0.29) is 6.61 Å². The van der Waals surface area contributed by atoms with Crippen LogP contribution in [0.5, 0.6) is 11.5 Å². The topological polar surface area (TPSA) is 87.5 Å². The lowest BCUT2D eigenvalue weighted by molar-refractivity contribution is -0.138. The summed E-state index contributed by atoms with van der Waals surface area (Å²) in [5, 5.41) is 8.51. The highest BCUT2D eigenvalue weighted by molar-refractivity contribution is 7.99. The fourth-order valence-electron chi connectivity index (χ4n) is 4.04. The molecule has 36 heavy (non-hydrogen) atoms. The highest BCUT2D eigenvalue weighted by Gasteiger charge is 2.35. The van der Waals surface area contributed by atoms with Crippen molar-refractivity contribution in [2.24, 2.45) is 0 Å². The molecule has 1 unspecified atom stereocenters. The molecule has 0 spiro atoms. The monoisotopic (exact) mass is 506 g/mol. The van der Waals surface area contributed by atoms with Crippen LogP contribution in [0.3, 0.4) is 0 Å². The Kier molecular flexibility index (Phi) is 8.00. The summed E-state index contributed by atoms with van der Waals surface area (Å²) in [4.78, 5) is 17.7. The Hall–Kier alpha value is -3.72. The van der Waals surface area contributed by atoms with Crippen LogP contribution in [0.15, 0.2) is 71.5 Å². The van der Waals surface area contributed by atoms with Crippen molar-refractivity contribution in [3.8, 4) is 11.5 Å². The summed E-state index contributed by atoms with van der Waals surface area (Å²) in [5.74, 6) is 2.10. The number of hydrogen-bond acceptors (Lipinski definition) is 8. The minimum Gasteiger partial charge on any atom is -0.493 e. The molecule has 0 aliphatic carbocycles. The second-order valence-electron chi connectivity index (χ2n) is 8.24. The number of aryl methyl sites for hydroxylation is 1. The van der Waals surface area contributed by atoms with E-state index in [9.17, 15) is 4.79 Å². The second-order valence-corrected chi connectivity index (χ2v) is 9.47. The van der Waals surface area contributed by atoms with Crippen LogP contribution in [0, 0.1) is 6.92 Å². The smallest absolute Gasteiger partial charge is 0.338 e. The Labute approximate surface area is 215 Å². The lowest BCUT2D eigenvalue weighted by Crippen LogP contribution is -2.29. The number of thioether (sulfide) groups is 1. The SMILES string of the molecule is C=CCOC(=O)C1=C(C)Nc2nc(SCC)nn2C1c1ccc(OCc2cccc(C)c2)c(OC)c1. The average Bonchev–Trinajstić information content (AvgIpc) is 3.27. The van der Waals surface area contributed by atoms with Crippen LogP contribution >= 0.6 is 11.8 Å². The first kappa shape index (κ1) is 25.4. The fraction of sp³-hybridized carbons (Fsp3) is 0.296. The number of nitrogens with one attached hydrogen (secondary N) is 1. The number of benzene rings is 2. The third kappa shape index (κ3) is 5.41. The number of aromatic nitrogens is 3. The molecule has 1 aliphatic rings. The number of methoxy groups -OCH3 is 1. The predicted octanol–water partition coefficient (Wildman–Crippen LogP) is 5.30. The van der Waals surface area contributed by atoms with E-state index in [1.165, 1.54) is 17.3 Å². The molecule has 9 heteroatoms. The summed E-state index contributed by atoms with van der Waals surface area (Å²) in [5.41, 5.74) is 4.13. The molecule has 0 saturated carbocycles. The Morgan fingerprint density at radius 1 is 1.22 bits per heavy atom. The van der Waals surface area contributed by atoms with Crippen LogP contribution in [0.4, 0.5) is 5.95 Å². The Balaban J connectivity index is 1.71. The summed E-state index contributed by atoms with van der Waals surface area (Å²) < 4.78 is 18.9. The molecule has 1 aromatic heterocycles. The van der Waals surface area contributed by atoms with Crippen molar-refractivity contribution in [1.82, 2.24) is 14.8 Å². The number of anilines is 1. The van der Waals surface area contributed by atoms with E-state index >= 15 is 0 Å². The number of esters is 1. The maximum absolute atomic E-state index is 13.1. The lowest BCUT2D eigenvalue weighted by Gasteiger charge is -2.28. The van der Waals surface area contributed by atoms with Crippen molar-refractivity contribution >= 4 is 23.7 Å². The van der Waals surface area contributed by atoms with E-state index in [0.29, 0.717) is 40.5 Å². The molecule has 188 valence electrons. The highest BCUT2D eigenvalue weighted by Crippen LogP contribution is 2.40. The van der Waals surface area contributed by atoms with Gasteiger partial charge in [-0.2, -0.15) is 4.98 Å². The van der Waals surface area contributed by atoms with Crippen molar-refractivity contribution in [2.45, 2.75) is 38.6 Å². The van der Waals surface area contributed by atoms with Gasteiger partial charge in [0.25, 0.3) is 0 Å². The molecule has 1 atom stereocenters. The molecule has 2 aromatic carbocycles. The third-order valence-corrected chi connectivity index (χ3v) is 6.36. The highest BCUT2D eigenvalue weighted by atomic mass is 32.2. The fourth-order valence-corrected chi connectivity index (χ4v) is 4.60. The van der Waals surface area contributed by atoms with Gasteiger partial charge in [-0.3, -0.25) is 0 Å². The maximum Gasteiger partial charge on any atom is 0.338 e. The summed E-state index contributed by atoms with van der Waals surface area (Å²) in [6.07, 6.45) is 1.54. The van der Waals surface area contributed by atoms with Crippen LogP contribution in [0.1, 0.15) is 36.6 Å². The zero-order valence-corrected chi connectivity index (χ0v) is 21.7. The number of rotatable bonds is 10. The van der Waals surface area contributed by atoms with E-state index in [4.69, 9.17) is 14.2 Å². The van der Waals surface area contributed by atoms with Crippen molar-refractivity contribution in [3.63, 3.8) is 0 Å². The molecular formula is C27H30N4O4S. The normalized spacial score (nSPS) is 14.6. The van der Waals surface area contributed by atoms with E-state index in [2.05, 4.69) is 28.0 Å². The van der Waals surface area contributed by atoms with Crippen molar-refractivity contribution in [3.05, 3.63) is 83.1 Å². The number of nitrogens with zero attached hydrogens (tertiary/aromatic N) is 3. The minimum absolute atomic E-state index is 0.110. The number of fused-ring (bicyclic) bond motifs is 1. The standard InChI is InChI=1S/C27H30N4O4S/c1-6-13-34-25(32)23-18(4)28-26-29-27(36-7-2)30-31(26)24(23)20-11-12-21(22(15-20)33-5)35-16-19-10-8-9-17(3)14-19/h6,8-12,14-15,24H,1,7,13,16H2,2-5H3,(H,28,29,30). The summed E-state index contributed by atoms with van der Waals surface area (Å²) in [6, 6.07) is 13.2. The molecule has 8 nitrogen and oxygen atoms in total. The number of hydrogen-bond donors (Lipinski definition) is 1. The molecule has 1 aliphatic heterocycles. The number of ether oxygens (including phenoxy) is 3. The summed E-state index contributed by atoms with van der Waals surface area (Å²) in [6.45, 7) is 10.1. The van der Waals surface area contributed by atoms with Gasteiger partial charge in [-0.1, -0.05) is 67.2 Å². The quantitative estimate of drug-likeness (QED) is 0.225. The zero-order valence-electron chi connectivity index (χ0n) is 20.9. The van der Waals surface area contributed by atoms with Gasteiger partial charge >= 0.3 is 5.97 Å². The molecule has 0 amide bonds. The van der Waals surface area contributed by atoms with Gasteiger partial charge in [0, 0.05) is 5.70 Å². The van der Waals surface area contributed by atoms with E-state index in [1.54, 1.807) is 17.9 Å². The van der Waals surface area contributed by atoms with Crippen LogP contribution in [0.2, 0.25) is 0 Å². The van der Waals surface area contributed by atoms with Gasteiger partial charge in [0.2, 0.25) is 11.1 Å². The van der Waals surface area contributed by atoms with Crippen molar-refractivity contribution in [2.75, 3.05) is 24.8 Å². The predicted molar refractivity (Wildman–Crippen MR) is 141 cm³/mol.